The van der Waals surface area contributed by atoms with Gasteiger partial charge in [-0.15, -0.1) is 0 Å². The van der Waals surface area contributed by atoms with E-state index >= 15 is 0 Å². The van der Waals surface area contributed by atoms with E-state index in [1.807, 2.05) is 50.2 Å². The number of hydrogen-bond donors (Lipinski definition) is 2. The molecule has 2 amide bonds. The molecular formula is C23H22N4O4. The van der Waals surface area contributed by atoms with Crippen LogP contribution in [0.5, 0.6) is 5.75 Å². The zero-order valence-electron chi connectivity index (χ0n) is 17.4. The number of ether oxygens (including phenoxy) is 1. The summed E-state index contributed by atoms with van der Waals surface area (Å²) in [6, 6.07) is 15.1. The summed E-state index contributed by atoms with van der Waals surface area (Å²) in [4.78, 5) is 29.0. The third-order valence-corrected chi connectivity index (χ3v) is 4.87. The summed E-state index contributed by atoms with van der Waals surface area (Å²) in [5, 5.41) is 6.76. The Morgan fingerprint density at radius 2 is 1.77 bits per heavy atom. The Hall–Kier alpha value is -3.94. The van der Waals surface area contributed by atoms with E-state index in [2.05, 4.69) is 21.0 Å². The molecule has 0 aliphatic heterocycles. The van der Waals surface area contributed by atoms with Crippen LogP contribution in [0.3, 0.4) is 0 Å². The Bertz CT molecular complexity index is 1260. The molecule has 0 spiro atoms. The Kier molecular flexibility index (Phi) is 5.53. The number of hydrogen-bond acceptors (Lipinski definition) is 6. The van der Waals surface area contributed by atoms with Gasteiger partial charge in [0, 0.05) is 6.20 Å². The van der Waals surface area contributed by atoms with E-state index in [9.17, 15) is 9.59 Å². The molecule has 1 atom stereocenters. The van der Waals surface area contributed by atoms with Crippen LogP contribution < -0.4 is 15.6 Å². The van der Waals surface area contributed by atoms with Crippen LogP contribution in [-0.2, 0) is 4.79 Å². The Morgan fingerprint density at radius 1 is 1.00 bits per heavy atom. The number of carbonyl (C=O) groups excluding carboxylic acids is 2. The van der Waals surface area contributed by atoms with Crippen LogP contribution in [0, 0.1) is 0 Å². The first-order valence-electron chi connectivity index (χ1n) is 9.93. The second-order valence-electron chi connectivity index (χ2n) is 7.51. The van der Waals surface area contributed by atoms with Crippen LogP contribution in [0.1, 0.15) is 42.7 Å². The van der Waals surface area contributed by atoms with Crippen LogP contribution in [-0.4, -0.2) is 28.1 Å². The van der Waals surface area contributed by atoms with Gasteiger partial charge in [-0.25, -0.2) is 4.98 Å². The number of pyridine rings is 1. The fraction of sp³-hybridized carbons (Fsp3) is 0.217. The smallest absolute Gasteiger partial charge is 0.279 e. The van der Waals surface area contributed by atoms with Gasteiger partial charge >= 0.3 is 0 Å². The number of fused-ring (bicyclic) bond motifs is 2. The Labute approximate surface area is 178 Å². The van der Waals surface area contributed by atoms with Crippen LogP contribution in [0.2, 0.25) is 0 Å². The summed E-state index contributed by atoms with van der Waals surface area (Å²) in [6.45, 7) is 5.55. The van der Waals surface area contributed by atoms with Gasteiger partial charge in [0.05, 0.1) is 16.6 Å². The molecule has 4 aromatic rings. The van der Waals surface area contributed by atoms with E-state index in [-0.39, 0.29) is 11.5 Å². The van der Waals surface area contributed by atoms with Crippen LogP contribution >= 0.6 is 0 Å². The maximum absolute atomic E-state index is 12.5. The third-order valence-electron chi connectivity index (χ3n) is 4.87. The van der Waals surface area contributed by atoms with E-state index < -0.39 is 17.9 Å². The maximum atomic E-state index is 12.5. The van der Waals surface area contributed by atoms with Gasteiger partial charge < -0.3 is 9.26 Å². The number of amides is 2. The summed E-state index contributed by atoms with van der Waals surface area (Å²) in [5.74, 6) is -0.301. The average Bonchev–Trinajstić information content (AvgIpc) is 3.20. The lowest BCUT2D eigenvalue weighted by atomic mass is 10.1. The van der Waals surface area contributed by atoms with Crippen molar-refractivity contribution in [2.45, 2.75) is 32.8 Å². The molecule has 8 nitrogen and oxygen atoms in total. The van der Waals surface area contributed by atoms with Gasteiger partial charge in [-0.3, -0.25) is 20.4 Å². The fourth-order valence-electron chi connectivity index (χ4n) is 3.18. The molecule has 0 saturated heterocycles. The van der Waals surface area contributed by atoms with E-state index in [1.54, 1.807) is 19.1 Å². The van der Waals surface area contributed by atoms with Crippen molar-refractivity contribution in [1.29, 1.82) is 0 Å². The molecular weight excluding hydrogens is 396 g/mol. The second-order valence-corrected chi connectivity index (χ2v) is 7.51. The van der Waals surface area contributed by atoms with Gasteiger partial charge in [0.25, 0.3) is 17.5 Å². The SMILES string of the molecule is CC(C)c1noc2ncc(C(=O)NNC(=O)[C@H](C)Oc3ccc4ccccc4c3)cc12. The molecule has 4 rings (SSSR count). The third kappa shape index (κ3) is 4.32. The second kappa shape index (κ2) is 8.43. The molecule has 2 aromatic carbocycles. The van der Waals surface area contributed by atoms with Crippen molar-refractivity contribution in [2.24, 2.45) is 0 Å². The van der Waals surface area contributed by atoms with Crippen molar-refractivity contribution in [3.05, 3.63) is 66.0 Å². The van der Waals surface area contributed by atoms with Gasteiger partial charge in [0.1, 0.15) is 5.75 Å². The molecule has 0 saturated carbocycles. The van der Waals surface area contributed by atoms with Gasteiger partial charge in [-0.2, -0.15) is 0 Å². The minimum Gasteiger partial charge on any atom is -0.481 e. The quantitative estimate of drug-likeness (QED) is 0.479. The van der Waals surface area contributed by atoms with Crippen molar-refractivity contribution in [2.75, 3.05) is 0 Å². The highest BCUT2D eigenvalue weighted by atomic mass is 16.5. The normalized spacial score (nSPS) is 12.1. The first-order chi connectivity index (χ1) is 14.9. The first kappa shape index (κ1) is 20.3. The Morgan fingerprint density at radius 3 is 2.55 bits per heavy atom. The number of hydrazine groups is 1. The number of aromatic nitrogens is 2. The molecule has 2 aromatic heterocycles. The molecule has 0 aliphatic carbocycles. The standard InChI is InChI=1S/C23H22N4O4/c1-13(2)20-19-11-17(12-24-23(19)31-27-20)22(29)26-25-21(28)14(3)30-18-9-8-15-6-4-5-7-16(15)10-18/h4-14H,1-3H3,(H,25,28)(H,26,29)/t14-/m0/s1. The van der Waals surface area contributed by atoms with E-state index in [0.717, 1.165) is 16.5 Å². The highest BCUT2D eigenvalue weighted by Crippen LogP contribution is 2.24. The maximum Gasteiger partial charge on any atom is 0.279 e. The number of rotatable bonds is 5. The molecule has 158 valence electrons. The molecule has 0 radical (unpaired) electrons. The summed E-state index contributed by atoms with van der Waals surface area (Å²) in [5.41, 5.74) is 6.14. The molecule has 0 aliphatic rings. The minimum atomic E-state index is -0.812. The van der Waals surface area contributed by atoms with Crippen LogP contribution in [0.25, 0.3) is 21.9 Å². The van der Waals surface area contributed by atoms with E-state index in [1.165, 1.54) is 6.20 Å². The molecule has 0 bridgehead atoms. The summed E-state index contributed by atoms with van der Waals surface area (Å²) in [6.07, 6.45) is 0.557. The zero-order chi connectivity index (χ0) is 22.0. The zero-order valence-corrected chi connectivity index (χ0v) is 17.4. The van der Waals surface area contributed by atoms with Crippen LogP contribution in [0.15, 0.2) is 59.3 Å². The lowest BCUT2D eigenvalue weighted by molar-refractivity contribution is -0.128. The number of nitrogens with zero attached hydrogens (tertiary/aromatic N) is 2. The van der Waals surface area contributed by atoms with Crippen molar-refractivity contribution in [1.82, 2.24) is 21.0 Å². The highest BCUT2D eigenvalue weighted by molar-refractivity contribution is 5.98. The predicted octanol–water partition coefficient (Wildman–Crippen LogP) is 3.73. The van der Waals surface area contributed by atoms with Gasteiger partial charge in [-0.05, 0) is 41.8 Å². The molecule has 31 heavy (non-hydrogen) atoms. The lowest BCUT2D eigenvalue weighted by Crippen LogP contribution is -2.47. The van der Waals surface area contributed by atoms with E-state index in [4.69, 9.17) is 9.26 Å². The fourth-order valence-corrected chi connectivity index (χ4v) is 3.18. The molecule has 8 heteroatoms. The highest BCUT2D eigenvalue weighted by Gasteiger charge is 2.18. The van der Waals surface area contributed by atoms with E-state index in [0.29, 0.717) is 16.8 Å². The summed E-state index contributed by atoms with van der Waals surface area (Å²) in [7, 11) is 0. The topological polar surface area (TPSA) is 106 Å². The largest absolute Gasteiger partial charge is 0.481 e. The van der Waals surface area contributed by atoms with Gasteiger partial charge in [0.2, 0.25) is 0 Å². The van der Waals surface area contributed by atoms with Gasteiger partial charge in [-0.1, -0.05) is 49.3 Å². The van der Waals surface area contributed by atoms with Crippen molar-refractivity contribution >= 4 is 33.7 Å². The molecule has 0 unspecified atom stereocenters. The summed E-state index contributed by atoms with van der Waals surface area (Å²) >= 11 is 0. The monoisotopic (exact) mass is 418 g/mol. The first-order valence-corrected chi connectivity index (χ1v) is 9.93. The summed E-state index contributed by atoms with van der Waals surface area (Å²) < 4.78 is 10.9. The number of carbonyl (C=O) groups is 2. The number of benzene rings is 2. The van der Waals surface area contributed by atoms with Crippen molar-refractivity contribution in [3.8, 4) is 5.75 Å². The predicted molar refractivity (Wildman–Crippen MR) is 116 cm³/mol. The van der Waals surface area contributed by atoms with Gasteiger partial charge in [0.15, 0.2) is 6.10 Å². The lowest BCUT2D eigenvalue weighted by Gasteiger charge is -2.15. The minimum absolute atomic E-state index is 0.120. The molecule has 2 N–H and O–H groups in total. The number of nitrogens with one attached hydrogen (secondary N) is 2. The molecule has 0 fully saturated rings. The Balaban J connectivity index is 1.38. The van der Waals surface area contributed by atoms with Crippen molar-refractivity contribution < 1.29 is 18.8 Å². The van der Waals surface area contributed by atoms with Crippen LogP contribution in [0.4, 0.5) is 0 Å². The molecule has 2 heterocycles. The van der Waals surface area contributed by atoms with Crippen molar-refractivity contribution in [3.63, 3.8) is 0 Å². The average molecular weight is 418 g/mol.